The van der Waals surface area contributed by atoms with Gasteiger partial charge in [-0.15, -0.1) is 6.58 Å². The van der Waals surface area contributed by atoms with Crippen molar-refractivity contribution >= 4 is 27.5 Å². The average Bonchev–Trinajstić information content (AvgIpc) is 2.59. The molecule has 2 aromatic carbocycles. The number of nitrogens with one attached hydrogen (secondary N) is 1. The predicted octanol–water partition coefficient (Wildman–Crippen LogP) is 3.08. The Morgan fingerprint density at radius 2 is 1.92 bits per heavy atom. The fourth-order valence-corrected chi connectivity index (χ4v) is 3.44. The Morgan fingerprint density at radius 3 is 2.52 bits per heavy atom. The first-order chi connectivity index (χ1) is 11.8. The number of rotatable bonds is 7. The zero-order valence-electron chi connectivity index (χ0n) is 13.8. The van der Waals surface area contributed by atoms with Gasteiger partial charge in [-0.25, -0.2) is 13.1 Å². The highest BCUT2D eigenvalue weighted by Gasteiger charge is 2.16. The summed E-state index contributed by atoms with van der Waals surface area (Å²) >= 11 is 5.95. The van der Waals surface area contributed by atoms with Gasteiger partial charge < -0.3 is 4.90 Å². The van der Waals surface area contributed by atoms with Crippen LogP contribution < -0.4 is 4.72 Å². The molecule has 0 aliphatic carbocycles. The molecule has 2 rings (SSSR count). The maximum Gasteiger partial charge on any atom is 0.253 e. The molecule has 0 unspecified atom stereocenters. The van der Waals surface area contributed by atoms with Crippen LogP contribution in [0.1, 0.15) is 15.9 Å². The second-order valence-corrected chi connectivity index (χ2v) is 7.66. The summed E-state index contributed by atoms with van der Waals surface area (Å²) in [6.07, 6.45) is 1.46. The number of nitrogens with zero attached hydrogens (tertiary/aromatic N) is 1. The van der Waals surface area contributed by atoms with Crippen molar-refractivity contribution in [2.45, 2.75) is 11.4 Å². The molecule has 0 fully saturated rings. The van der Waals surface area contributed by atoms with Gasteiger partial charge >= 0.3 is 0 Å². The molecule has 25 heavy (non-hydrogen) atoms. The van der Waals surface area contributed by atoms with Gasteiger partial charge in [0.25, 0.3) is 5.91 Å². The summed E-state index contributed by atoms with van der Waals surface area (Å²) in [7, 11) is -1.92. The molecule has 1 N–H and O–H groups in total. The third kappa shape index (κ3) is 5.16. The van der Waals surface area contributed by atoms with E-state index in [2.05, 4.69) is 11.3 Å². The standard InChI is InChI=1S/C18H19ClN2O3S/c1-3-11-20-25(23,24)17-9-7-15(8-10-17)18(22)21(2)13-14-5-4-6-16(19)12-14/h3-10,12,20H,1,11,13H2,2H3. The van der Waals surface area contributed by atoms with Crippen LogP contribution in [0.5, 0.6) is 0 Å². The molecule has 0 spiro atoms. The van der Waals surface area contributed by atoms with Crippen molar-refractivity contribution in [2.75, 3.05) is 13.6 Å². The first-order valence-corrected chi connectivity index (χ1v) is 9.40. The lowest BCUT2D eigenvalue weighted by molar-refractivity contribution is 0.0785. The number of carbonyl (C=O) groups is 1. The van der Waals surface area contributed by atoms with Gasteiger partial charge in [0, 0.05) is 30.7 Å². The van der Waals surface area contributed by atoms with Crippen LogP contribution in [0.25, 0.3) is 0 Å². The Hall–Kier alpha value is -2.15. The number of benzene rings is 2. The Morgan fingerprint density at radius 1 is 1.24 bits per heavy atom. The monoisotopic (exact) mass is 378 g/mol. The van der Waals surface area contributed by atoms with E-state index < -0.39 is 10.0 Å². The van der Waals surface area contributed by atoms with E-state index in [0.717, 1.165) is 5.56 Å². The van der Waals surface area contributed by atoms with E-state index in [4.69, 9.17) is 11.6 Å². The van der Waals surface area contributed by atoms with Crippen LogP contribution in [0.3, 0.4) is 0 Å². The summed E-state index contributed by atoms with van der Waals surface area (Å²) in [5.74, 6) is -0.206. The lowest BCUT2D eigenvalue weighted by Gasteiger charge is -2.17. The summed E-state index contributed by atoms with van der Waals surface area (Å²) in [6, 6.07) is 13.1. The summed E-state index contributed by atoms with van der Waals surface area (Å²) in [5, 5.41) is 0.611. The van der Waals surface area contributed by atoms with Crippen molar-refractivity contribution in [1.29, 1.82) is 0 Å². The molecular formula is C18H19ClN2O3S. The van der Waals surface area contributed by atoms with Crippen LogP contribution in [0.4, 0.5) is 0 Å². The molecule has 0 radical (unpaired) electrons. The third-order valence-electron chi connectivity index (χ3n) is 3.48. The van der Waals surface area contributed by atoms with Crippen LogP contribution in [-0.4, -0.2) is 32.8 Å². The average molecular weight is 379 g/mol. The predicted molar refractivity (Wildman–Crippen MR) is 99.1 cm³/mol. The van der Waals surface area contributed by atoms with Gasteiger partial charge in [0.2, 0.25) is 10.0 Å². The highest BCUT2D eigenvalue weighted by molar-refractivity contribution is 7.89. The first-order valence-electron chi connectivity index (χ1n) is 7.54. The Balaban J connectivity index is 2.10. The smallest absolute Gasteiger partial charge is 0.253 e. The van der Waals surface area contributed by atoms with E-state index in [0.29, 0.717) is 17.1 Å². The number of hydrogen-bond donors (Lipinski definition) is 1. The molecule has 0 saturated carbocycles. The van der Waals surface area contributed by atoms with Gasteiger partial charge in [-0.2, -0.15) is 0 Å². The fourth-order valence-electron chi connectivity index (χ4n) is 2.23. The Bertz CT molecular complexity index is 864. The van der Waals surface area contributed by atoms with Crippen molar-refractivity contribution in [3.63, 3.8) is 0 Å². The quantitative estimate of drug-likeness (QED) is 0.753. The summed E-state index contributed by atoms with van der Waals surface area (Å²) in [6.45, 7) is 4.02. The molecule has 0 heterocycles. The van der Waals surface area contributed by atoms with E-state index in [-0.39, 0.29) is 17.3 Å². The number of amides is 1. The zero-order chi connectivity index (χ0) is 18.4. The molecule has 132 valence electrons. The number of carbonyl (C=O) groups excluding carboxylic acids is 1. The molecule has 5 nitrogen and oxygen atoms in total. The van der Waals surface area contributed by atoms with E-state index in [1.807, 2.05) is 12.1 Å². The second-order valence-electron chi connectivity index (χ2n) is 5.46. The highest BCUT2D eigenvalue weighted by Crippen LogP contribution is 2.15. The molecule has 2 aromatic rings. The van der Waals surface area contributed by atoms with Crippen LogP contribution in [-0.2, 0) is 16.6 Å². The van der Waals surface area contributed by atoms with Crippen molar-refractivity contribution < 1.29 is 13.2 Å². The van der Waals surface area contributed by atoms with Crippen LogP contribution >= 0.6 is 11.6 Å². The minimum atomic E-state index is -3.60. The van der Waals surface area contributed by atoms with E-state index >= 15 is 0 Å². The van der Waals surface area contributed by atoms with Crippen LogP contribution in [0.2, 0.25) is 5.02 Å². The Kier molecular flexibility index (Phi) is 6.36. The van der Waals surface area contributed by atoms with Crippen LogP contribution in [0.15, 0.2) is 66.1 Å². The summed E-state index contributed by atoms with van der Waals surface area (Å²) < 4.78 is 26.4. The van der Waals surface area contributed by atoms with Gasteiger partial charge in [0.1, 0.15) is 0 Å². The van der Waals surface area contributed by atoms with Crippen molar-refractivity contribution in [3.05, 3.63) is 77.3 Å². The maximum absolute atomic E-state index is 12.5. The molecule has 0 aliphatic heterocycles. The van der Waals surface area contributed by atoms with Crippen molar-refractivity contribution in [1.82, 2.24) is 9.62 Å². The van der Waals surface area contributed by atoms with Crippen molar-refractivity contribution in [2.24, 2.45) is 0 Å². The highest BCUT2D eigenvalue weighted by atomic mass is 35.5. The fraction of sp³-hybridized carbons (Fsp3) is 0.167. The molecular weight excluding hydrogens is 360 g/mol. The van der Waals surface area contributed by atoms with Gasteiger partial charge in [0.05, 0.1) is 4.90 Å². The Labute approximate surface area is 153 Å². The molecule has 0 aromatic heterocycles. The van der Waals surface area contributed by atoms with Crippen LogP contribution in [0, 0.1) is 0 Å². The molecule has 0 bridgehead atoms. The molecule has 1 amide bonds. The zero-order valence-corrected chi connectivity index (χ0v) is 15.3. The number of halogens is 1. The molecule has 0 atom stereocenters. The minimum absolute atomic E-state index is 0.100. The van der Waals surface area contributed by atoms with Crippen molar-refractivity contribution in [3.8, 4) is 0 Å². The summed E-state index contributed by atoms with van der Waals surface area (Å²) in [4.78, 5) is 14.1. The number of sulfonamides is 1. The van der Waals surface area contributed by atoms with E-state index in [1.54, 1.807) is 24.1 Å². The van der Waals surface area contributed by atoms with E-state index in [9.17, 15) is 13.2 Å². The molecule has 0 aliphatic rings. The SMILES string of the molecule is C=CCNS(=O)(=O)c1ccc(C(=O)N(C)Cc2cccc(Cl)c2)cc1. The number of hydrogen-bond acceptors (Lipinski definition) is 3. The van der Waals surface area contributed by atoms with E-state index in [1.165, 1.54) is 30.3 Å². The normalized spacial score (nSPS) is 11.1. The minimum Gasteiger partial charge on any atom is -0.337 e. The lowest BCUT2D eigenvalue weighted by atomic mass is 10.1. The largest absolute Gasteiger partial charge is 0.337 e. The first kappa shape index (κ1) is 19.2. The lowest BCUT2D eigenvalue weighted by Crippen LogP contribution is -2.26. The topological polar surface area (TPSA) is 66.5 Å². The van der Waals surface area contributed by atoms with Gasteiger partial charge in [-0.05, 0) is 42.0 Å². The third-order valence-corrected chi connectivity index (χ3v) is 5.16. The summed E-state index contributed by atoms with van der Waals surface area (Å²) in [5.41, 5.74) is 1.32. The maximum atomic E-state index is 12.5. The molecule has 0 saturated heterocycles. The van der Waals surface area contributed by atoms with Gasteiger partial charge in [-0.1, -0.05) is 29.8 Å². The second kappa shape index (κ2) is 8.29. The molecule has 7 heteroatoms. The van der Waals surface area contributed by atoms with Gasteiger partial charge in [-0.3, -0.25) is 4.79 Å². The van der Waals surface area contributed by atoms with Gasteiger partial charge in [0.15, 0.2) is 0 Å².